The third kappa shape index (κ3) is 2.08. The Hall–Kier alpha value is -1.20. The van der Waals surface area contributed by atoms with Gasteiger partial charge in [-0.05, 0) is 18.2 Å². The molecule has 0 spiro atoms. The van der Waals surface area contributed by atoms with Crippen molar-refractivity contribution < 1.29 is 4.79 Å². The normalized spacial score (nSPS) is 10.3. The number of aldehydes is 1. The minimum atomic E-state index is 0.272. The van der Waals surface area contributed by atoms with Crippen molar-refractivity contribution in [1.82, 2.24) is 15.0 Å². The van der Waals surface area contributed by atoms with E-state index in [1.165, 1.54) is 10.9 Å². The molecule has 0 amide bonds. The van der Waals surface area contributed by atoms with E-state index in [4.69, 9.17) is 11.6 Å². The van der Waals surface area contributed by atoms with E-state index in [9.17, 15) is 4.79 Å². The fourth-order valence-corrected chi connectivity index (χ4v) is 1.88. The molecule has 76 valence electrons. The Morgan fingerprint density at radius 3 is 2.87 bits per heavy atom. The number of aromatic nitrogens is 3. The molecule has 0 atom stereocenters. The SMILES string of the molecule is O=Cc1cn(-c2ccc(Br)cc2Cl)nn1. The van der Waals surface area contributed by atoms with E-state index >= 15 is 0 Å². The lowest BCUT2D eigenvalue weighted by Crippen LogP contribution is -1.95. The highest BCUT2D eigenvalue weighted by Crippen LogP contribution is 2.23. The van der Waals surface area contributed by atoms with Gasteiger partial charge in [0.05, 0.1) is 16.9 Å². The highest BCUT2D eigenvalue weighted by atomic mass is 79.9. The number of rotatable bonds is 2. The van der Waals surface area contributed by atoms with Crippen LogP contribution in [0.4, 0.5) is 0 Å². The van der Waals surface area contributed by atoms with Gasteiger partial charge in [0.1, 0.15) is 5.69 Å². The maximum absolute atomic E-state index is 10.4. The van der Waals surface area contributed by atoms with Crippen molar-refractivity contribution in [3.8, 4) is 5.69 Å². The second-order valence-electron chi connectivity index (χ2n) is 2.80. The summed E-state index contributed by atoms with van der Waals surface area (Å²) in [5.74, 6) is 0. The average molecular weight is 287 g/mol. The molecule has 0 aliphatic heterocycles. The predicted molar refractivity (Wildman–Crippen MR) is 59.5 cm³/mol. The van der Waals surface area contributed by atoms with E-state index in [2.05, 4.69) is 26.2 Å². The van der Waals surface area contributed by atoms with Crippen LogP contribution in [0, 0.1) is 0 Å². The Bertz CT molecular complexity index is 512. The summed E-state index contributed by atoms with van der Waals surface area (Å²) in [4.78, 5) is 10.4. The molecule has 0 saturated carbocycles. The van der Waals surface area contributed by atoms with Gasteiger partial charge >= 0.3 is 0 Å². The Kier molecular flexibility index (Phi) is 2.83. The molecule has 0 fully saturated rings. The van der Waals surface area contributed by atoms with Crippen LogP contribution in [-0.4, -0.2) is 21.3 Å². The molecule has 15 heavy (non-hydrogen) atoms. The molecule has 0 unspecified atom stereocenters. The first-order valence-corrected chi connectivity index (χ1v) is 5.21. The zero-order chi connectivity index (χ0) is 10.8. The summed E-state index contributed by atoms with van der Waals surface area (Å²) in [5.41, 5.74) is 0.953. The maximum atomic E-state index is 10.4. The van der Waals surface area contributed by atoms with Crippen LogP contribution in [0.25, 0.3) is 5.69 Å². The van der Waals surface area contributed by atoms with E-state index in [0.29, 0.717) is 17.0 Å². The van der Waals surface area contributed by atoms with Crippen molar-refractivity contribution >= 4 is 33.8 Å². The minimum absolute atomic E-state index is 0.272. The van der Waals surface area contributed by atoms with Crippen LogP contribution < -0.4 is 0 Å². The molecule has 1 heterocycles. The highest BCUT2D eigenvalue weighted by molar-refractivity contribution is 9.10. The Balaban J connectivity index is 2.49. The number of hydrogen-bond acceptors (Lipinski definition) is 3. The fourth-order valence-electron chi connectivity index (χ4n) is 1.12. The Morgan fingerprint density at radius 2 is 2.27 bits per heavy atom. The first-order valence-electron chi connectivity index (χ1n) is 4.03. The number of carbonyl (C=O) groups excluding carboxylic acids is 1. The molecule has 2 rings (SSSR count). The van der Waals surface area contributed by atoms with Gasteiger partial charge in [-0.1, -0.05) is 32.7 Å². The van der Waals surface area contributed by atoms with Gasteiger partial charge < -0.3 is 0 Å². The topological polar surface area (TPSA) is 47.8 Å². The number of halogens is 2. The zero-order valence-electron chi connectivity index (χ0n) is 7.39. The van der Waals surface area contributed by atoms with Crippen LogP contribution in [0.1, 0.15) is 10.5 Å². The van der Waals surface area contributed by atoms with Crippen LogP contribution in [0.15, 0.2) is 28.9 Å². The fraction of sp³-hybridized carbons (Fsp3) is 0. The summed E-state index contributed by atoms with van der Waals surface area (Å²) in [6.45, 7) is 0. The van der Waals surface area contributed by atoms with E-state index < -0.39 is 0 Å². The lowest BCUT2D eigenvalue weighted by atomic mass is 10.3. The molecule has 4 nitrogen and oxygen atoms in total. The quantitative estimate of drug-likeness (QED) is 0.797. The van der Waals surface area contributed by atoms with Crippen LogP contribution in [0.2, 0.25) is 5.02 Å². The smallest absolute Gasteiger partial charge is 0.171 e. The zero-order valence-corrected chi connectivity index (χ0v) is 9.73. The van der Waals surface area contributed by atoms with Crippen molar-refractivity contribution in [3.05, 3.63) is 39.6 Å². The monoisotopic (exact) mass is 285 g/mol. The summed E-state index contributed by atoms with van der Waals surface area (Å²) < 4.78 is 2.34. The Morgan fingerprint density at radius 1 is 1.47 bits per heavy atom. The molecule has 0 radical (unpaired) electrons. The van der Waals surface area contributed by atoms with E-state index in [-0.39, 0.29) is 5.69 Å². The van der Waals surface area contributed by atoms with E-state index in [1.807, 2.05) is 6.07 Å². The molecule has 2 aromatic rings. The molecule has 6 heteroatoms. The molecular formula is C9H5BrClN3O. The van der Waals surface area contributed by atoms with Gasteiger partial charge in [-0.25, -0.2) is 4.68 Å². The van der Waals surface area contributed by atoms with Gasteiger partial charge in [0.25, 0.3) is 0 Å². The molecule has 0 N–H and O–H groups in total. The maximum Gasteiger partial charge on any atom is 0.171 e. The van der Waals surface area contributed by atoms with Crippen LogP contribution >= 0.6 is 27.5 Å². The molecule has 1 aromatic heterocycles. The highest BCUT2D eigenvalue weighted by Gasteiger charge is 2.06. The lowest BCUT2D eigenvalue weighted by Gasteiger charge is -2.02. The second-order valence-corrected chi connectivity index (χ2v) is 4.12. The van der Waals surface area contributed by atoms with Crippen molar-refractivity contribution in [3.63, 3.8) is 0 Å². The summed E-state index contributed by atoms with van der Waals surface area (Å²) in [7, 11) is 0. The van der Waals surface area contributed by atoms with Gasteiger partial charge in [-0.15, -0.1) is 5.10 Å². The van der Waals surface area contributed by atoms with Crippen molar-refractivity contribution in [1.29, 1.82) is 0 Å². The van der Waals surface area contributed by atoms with Gasteiger partial charge in [0.15, 0.2) is 6.29 Å². The standard InChI is InChI=1S/C9H5BrClN3O/c10-6-1-2-9(8(11)3-6)14-4-7(5-15)12-13-14/h1-5H. The van der Waals surface area contributed by atoms with Gasteiger partial charge in [0.2, 0.25) is 0 Å². The van der Waals surface area contributed by atoms with Crippen molar-refractivity contribution in [2.75, 3.05) is 0 Å². The molecule has 0 aliphatic rings. The van der Waals surface area contributed by atoms with Gasteiger partial charge in [0, 0.05) is 4.47 Å². The van der Waals surface area contributed by atoms with Crippen molar-refractivity contribution in [2.24, 2.45) is 0 Å². The van der Waals surface area contributed by atoms with Crippen LogP contribution in [0.3, 0.4) is 0 Å². The first kappa shape index (κ1) is 10.3. The minimum Gasteiger partial charge on any atom is -0.296 e. The largest absolute Gasteiger partial charge is 0.296 e. The third-order valence-corrected chi connectivity index (χ3v) is 2.58. The predicted octanol–water partition coefficient (Wildman–Crippen LogP) is 2.50. The third-order valence-electron chi connectivity index (χ3n) is 1.79. The number of benzene rings is 1. The average Bonchev–Trinajstić information content (AvgIpc) is 2.66. The first-order chi connectivity index (χ1) is 7.20. The van der Waals surface area contributed by atoms with Gasteiger partial charge in [-0.3, -0.25) is 4.79 Å². The van der Waals surface area contributed by atoms with Crippen LogP contribution in [-0.2, 0) is 0 Å². The Labute approximate surface area is 99.0 Å². The molecule has 0 saturated heterocycles. The summed E-state index contributed by atoms with van der Waals surface area (Å²) in [6.07, 6.45) is 2.15. The van der Waals surface area contributed by atoms with Crippen molar-refractivity contribution in [2.45, 2.75) is 0 Å². The summed E-state index contributed by atoms with van der Waals surface area (Å²) in [6, 6.07) is 5.37. The van der Waals surface area contributed by atoms with Gasteiger partial charge in [-0.2, -0.15) is 0 Å². The number of hydrogen-bond donors (Lipinski definition) is 0. The summed E-state index contributed by atoms with van der Waals surface area (Å²) >= 11 is 9.31. The second kappa shape index (κ2) is 4.12. The number of nitrogens with zero attached hydrogens (tertiary/aromatic N) is 3. The van der Waals surface area contributed by atoms with E-state index in [1.54, 1.807) is 12.1 Å². The number of carbonyl (C=O) groups is 1. The summed E-state index contributed by atoms with van der Waals surface area (Å²) in [5, 5.41) is 7.97. The molecule has 1 aromatic carbocycles. The molecule has 0 aliphatic carbocycles. The molecular weight excluding hydrogens is 281 g/mol. The van der Waals surface area contributed by atoms with Crippen LogP contribution in [0.5, 0.6) is 0 Å². The van der Waals surface area contributed by atoms with E-state index in [0.717, 1.165) is 4.47 Å². The lowest BCUT2D eigenvalue weighted by molar-refractivity contribution is 0.111. The molecule has 0 bridgehead atoms.